The monoisotopic (exact) mass is 1340 g/mol. The van der Waals surface area contributed by atoms with Gasteiger partial charge in [0.05, 0.1) is 38.6 Å². The Morgan fingerprint density at radius 1 is 0.394 bits per heavy atom. The summed E-state index contributed by atoms with van der Waals surface area (Å²) in [4.78, 5) is 13.4. The third-order valence-electron chi connectivity index (χ3n) is 18.6. The first-order valence-corrected chi connectivity index (χ1v) is 37.5. The number of aliphatic hydroxyl groups is 11. The standard InChI is InChI=1S/C75H135NO18/c1-3-5-7-9-11-13-15-17-19-21-23-25-27-29-31-33-35-37-39-41-43-45-47-49-51-53-63(81)76-58(59(80)52-50-48-46-44-42-40-38-36-34-32-30-28-26-24-22-20-18-16-14-12-10-8-6-4-2)57-89-73-69(87)66(84)71(61(55-78)91-73)94-75-70(88)67(85)72(62(56-79)92-75)93-74-68(86)65(83)64(82)60(54-77)90-74/h5,7,11,13,17,19,23,25,50,52,58-62,64-75,77-80,82-88H,3-4,6,8-10,12,14-16,18,20-22,24,26-49,51,53-57H2,1-2H3,(H,76,81)/b7-5-,13-11-,19-17-,25-23-,52-50+. The van der Waals surface area contributed by atoms with E-state index in [9.17, 15) is 61.0 Å². The lowest BCUT2D eigenvalue weighted by Crippen LogP contribution is -2.66. The second kappa shape index (κ2) is 56.3. The van der Waals surface area contributed by atoms with Gasteiger partial charge in [-0.1, -0.05) is 274 Å². The van der Waals surface area contributed by atoms with E-state index in [0.717, 1.165) is 77.0 Å². The van der Waals surface area contributed by atoms with Crippen molar-refractivity contribution in [2.45, 2.75) is 381 Å². The molecule has 3 rings (SSSR count). The third kappa shape index (κ3) is 37.1. The molecule has 0 saturated carbocycles. The lowest BCUT2D eigenvalue weighted by molar-refractivity contribution is -0.379. The van der Waals surface area contributed by atoms with Crippen molar-refractivity contribution in [3.8, 4) is 0 Å². The highest BCUT2D eigenvalue weighted by Crippen LogP contribution is 2.33. The molecule has 17 atom stereocenters. The van der Waals surface area contributed by atoms with Crippen molar-refractivity contribution in [1.29, 1.82) is 0 Å². The molecule has 19 heteroatoms. The Morgan fingerprint density at radius 2 is 0.734 bits per heavy atom. The number of allylic oxidation sites excluding steroid dienone is 9. The van der Waals surface area contributed by atoms with Crippen molar-refractivity contribution >= 4 is 5.91 Å². The van der Waals surface area contributed by atoms with E-state index in [4.69, 9.17) is 28.4 Å². The Balaban J connectivity index is 1.41. The molecule has 0 spiro atoms. The Labute approximate surface area is 566 Å². The van der Waals surface area contributed by atoms with Crippen LogP contribution in [0.25, 0.3) is 0 Å². The van der Waals surface area contributed by atoms with E-state index in [0.29, 0.717) is 6.42 Å². The minimum atomic E-state index is -1.98. The smallest absolute Gasteiger partial charge is 0.220 e. The summed E-state index contributed by atoms with van der Waals surface area (Å²) in [5, 5.41) is 121. The van der Waals surface area contributed by atoms with E-state index >= 15 is 0 Å². The highest BCUT2D eigenvalue weighted by Gasteiger charge is 2.53. The van der Waals surface area contributed by atoms with Crippen molar-refractivity contribution in [2.24, 2.45) is 0 Å². The van der Waals surface area contributed by atoms with Gasteiger partial charge in [-0.25, -0.2) is 0 Å². The molecule has 0 radical (unpaired) electrons. The number of aliphatic hydroxyl groups excluding tert-OH is 11. The van der Waals surface area contributed by atoms with E-state index in [1.54, 1.807) is 6.08 Å². The SMILES string of the molecule is CC/C=C\C/C=C\C/C=C\C/C=C\CCCCCCCCCCCCCCC(=O)NC(COC1OC(CO)C(OC2OC(CO)C(OC3OC(CO)C(O)C(O)C3O)C(O)C2O)C(O)C1O)C(O)/C=C/CCCCCCCCCCCCCCCCCCCCCCCC. The van der Waals surface area contributed by atoms with Crippen LogP contribution in [0.15, 0.2) is 60.8 Å². The zero-order chi connectivity index (χ0) is 68.2. The number of ether oxygens (including phenoxy) is 6. The fourth-order valence-electron chi connectivity index (χ4n) is 12.5. The summed E-state index contributed by atoms with van der Waals surface area (Å²) in [7, 11) is 0. The minimum absolute atomic E-state index is 0.239. The van der Waals surface area contributed by atoms with Gasteiger partial charge in [-0.3, -0.25) is 4.79 Å². The van der Waals surface area contributed by atoms with Crippen LogP contribution in [0.2, 0.25) is 0 Å². The minimum Gasteiger partial charge on any atom is -0.394 e. The fraction of sp³-hybridized carbons (Fsp3) is 0.853. The number of carbonyl (C=O) groups is 1. The normalized spacial score (nSPS) is 27.7. The zero-order valence-electron chi connectivity index (χ0n) is 58.2. The number of carbonyl (C=O) groups excluding carboxylic acids is 1. The van der Waals surface area contributed by atoms with Crippen LogP contribution in [-0.2, 0) is 33.2 Å². The molecular weight excluding hydrogens is 1200 g/mol. The van der Waals surface area contributed by atoms with Gasteiger partial charge in [0.25, 0.3) is 0 Å². The summed E-state index contributed by atoms with van der Waals surface area (Å²) >= 11 is 0. The third-order valence-corrected chi connectivity index (χ3v) is 18.6. The molecule has 0 bridgehead atoms. The summed E-state index contributed by atoms with van der Waals surface area (Å²) in [6, 6.07) is -0.978. The molecule has 17 unspecified atom stereocenters. The predicted molar refractivity (Wildman–Crippen MR) is 369 cm³/mol. The van der Waals surface area contributed by atoms with Crippen LogP contribution in [0.3, 0.4) is 0 Å². The lowest BCUT2D eigenvalue weighted by Gasteiger charge is -2.48. The van der Waals surface area contributed by atoms with Gasteiger partial charge in [0.1, 0.15) is 73.2 Å². The molecule has 1 amide bonds. The fourth-order valence-corrected chi connectivity index (χ4v) is 12.5. The second-order valence-corrected chi connectivity index (χ2v) is 26.7. The van der Waals surface area contributed by atoms with Crippen molar-refractivity contribution in [3.63, 3.8) is 0 Å². The summed E-state index contributed by atoms with van der Waals surface area (Å²) in [6.07, 6.45) is 43.3. The molecule has 12 N–H and O–H groups in total. The van der Waals surface area contributed by atoms with Gasteiger partial charge >= 0.3 is 0 Å². The Hall–Kier alpha value is -2.51. The van der Waals surface area contributed by atoms with Crippen LogP contribution in [0.1, 0.15) is 277 Å². The molecule has 3 aliphatic heterocycles. The molecule has 0 aromatic carbocycles. The summed E-state index contributed by atoms with van der Waals surface area (Å²) in [5.41, 5.74) is 0. The highest BCUT2D eigenvalue weighted by atomic mass is 16.8. The first kappa shape index (κ1) is 85.7. The predicted octanol–water partition coefficient (Wildman–Crippen LogP) is 11.1. The van der Waals surface area contributed by atoms with Gasteiger partial charge in [0.2, 0.25) is 5.91 Å². The van der Waals surface area contributed by atoms with Crippen LogP contribution in [0, 0.1) is 0 Å². The van der Waals surface area contributed by atoms with E-state index in [-0.39, 0.29) is 18.9 Å². The topological polar surface area (TPSA) is 307 Å². The number of rotatable bonds is 58. The van der Waals surface area contributed by atoms with Crippen molar-refractivity contribution in [1.82, 2.24) is 5.32 Å². The first-order valence-electron chi connectivity index (χ1n) is 37.5. The number of hydrogen-bond acceptors (Lipinski definition) is 18. The van der Waals surface area contributed by atoms with Gasteiger partial charge in [-0.05, 0) is 57.8 Å². The van der Waals surface area contributed by atoms with Crippen LogP contribution >= 0.6 is 0 Å². The van der Waals surface area contributed by atoms with Gasteiger partial charge in [0.15, 0.2) is 18.9 Å². The van der Waals surface area contributed by atoms with Gasteiger partial charge in [-0.2, -0.15) is 0 Å². The van der Waals surface area contributed by atoms with E-state index in [1.807, 2.05) is 6.08 Å². The van der Waals surface area contributed by atoms with E-state index < -0.39 is 124 Å². The molecule has 3 saturated heterocycles. The van der Waals surface area contributed by atoms with Gasteiger partial charge in [0, 0.05) is 6.42 Å². The van der Waals surface area contributed by atoms with E-state index in [1.165, 1.54) is 173 Å². The van der Waals surface area contributed by atoms with Crippen molar-refractivity contribution in [2.75, 3.05) is 26.4 Å². The maximum atomic E-state index is 13.4. The highest BCUT2D eigenvalue weighted by molar-refractivity contribution is 5.76. The van der Waals surface area contributed by atoms with E-state index in [2.05, 4.69) is 67.8 Å². The van der Waals surface area contributed by atoms with Crippen LogP contribution in [-0.4, -0.2) is 193 Å². The average Bonchev–Trinajstić information content (AvgIpc) is 0.788. The Bertz CT molecular complexity index is 1940. The maximum Gasteiger partial charge on any atom is 0.220 e. The molecule has 94 heavy (non-hydrogen) atoms. The number of amides is 1. The molecule has 0 aromatic rings. The first-order chi connectivity index (χ1) is 45.8. The molecule has 3 aliphatic rings. The van der Waals surface area contributed by atoms with Crippen molar-refractivity contribution in [3.05, 3.63) is 60.8 Å². The van der Waals surface area contributed by atoms with Gasteiger partial charge < -0.3 is 89.9 Å². The lowest BCUT2D eigenvalue weighted by atomic mass is 9.96. The maximum absolute atomic E-state index is 13.4. The molecule has 548 valence electrons. The van der Waals surface area contributed by atoms with Crippen LogP contribution in [0.4, 0.5) is 0 Å². The Kier molecular flexibility index (Phi) is 51.3. The number of unbranched alkanes of at least 4 members (excludes halogenated alkanes) is 34. The molecule has 0 aromatic heterocycles. The molecule has 3 heterocycles. The summed E-state index contributed by atoms with van der Waals surface area (Å²) < 4.78 is 34.4. The van der Waals surface area contributed by atoms with Gasteiger partial charge in [-0.15, -0.1) is 0 Å². The summed E-state index contributed by atoms with van der Waals surface area (Å²) in [6.45, 7) is 1.65. The second-order valence-electron chi connectivity index (χ2n) is 26.7. The molecule has 3 fully saturated rings. The van der Waals surface area contributed by atoms with Crippen molar-refractivity contribution < 1.29 is 89.4 Å². The largest absolute Gasteiger partial charge is 0.394 e. The van der Waals surface area contributed by atoms with Crippen LogP contribution in [0.5, 0.6) is 0 Å². The summed E-state index contributed by atoms with van der Waals surface area (Å²) in [5.74, 6) is -0.277. The average molecular weight is 1340 g/mol. The number of nitrogens with one attached hydrogen (secondary N) is 1. The molecular formula is C75H135NO18. The zero-order valence-corrected chi connectivity index (χ0v) is 58.2. The quantitative estimate of drug-likeness (QED) is 0.0199. The number of hydrogen-bond donors (Lipinski definition) is 12. The molecule has 0 aliphatic carbocycles. The molecule has 19 nitrogen and oxygen atoms in total. The van der Waals surface area contributed by atoms with Crippen LogP contribution < -0.4 is 5.32 Å². The Morgan fingerprint density at radius 3 is 1.15 bits per heavy atom.